The van der Waals surface area contributed by atoms with Crippen molar-refractivity contribution in [1.29, 1.82) is 0 Å². The lowest BCUT2D eigenvalue weighted by molar-refractivity contribution is -0.143. The molecule has 0 unspecified atom stereocenters. The van der Waals surface area contributed by atoms with Gasteiger partial charge in [-0.25, -0.2) is 8.42 Å². The molecule has 3 aliphatic rings. The summed E-state index contributed by atoms with van der Waals surface area (Å²) in [4.78, 5) is 16.6. The Morgan fingerprint density at radius 2 is 2.04 bits per heavy atom. The van der Waals surface area contributed by atoms with Crippen LogP contribution in [0.4, 0.5) is 0 Å². The summed E-state index contributed by atoms with van der Waals surface area (Å²) in [5.41, 5.74) is 1.04. The van der Waals surface area contributed by atoms with E-state index in [-0.39, 0.29) is 40.5 Å². The molecule has 2 heterocycles. The zero-order valence-corrected chi connectivity index (χ0v) is 15.3. The first-order chi connectivity index (χ1) is 12.3. The molecule has 2 aliphatic carbocycles. The topological polar surface area (TPSA) is 99.4 Å². The van der Waals surface area contributed by atoms with Gasteiger partial charge in [0.05, 0.1) is 16.7 Å². The van der Waals surface area contributed by atoms with Crippen LogP contribution in [0, 0.1) is 24.7 Å². The van der Waals surface area contributed by atoms with Crippen LogP contribution in [-0.2, 0) is 18.6 Å². The van der Waals surface area contributed by atoms with Crippen LogP contribution in [0.15, 0.2) is 27.6 Å². The van der Waals surface area contributed by atoms with Crippen LogP contribution < -0.4 is 0 Å². The molecule has 1 aromatic heterocycles. The lowest BCUT2D eigenvalue weighted by Gasteiger charge is -2.20. The molecule has 2 bridgehead atoms. The van der Waals surface area contributed by atoms with Gasteiger partial charge in [0, 0.05) is 22.2 Å². The second-order valence-corrected chi connectivity index (χ2v) is 9.83. The average molecular weight is 395 g/mol. The van der Waals surface area contributed by atoms with E-state index in [1.165, 1.54) is 6.07 Å². The maximum absolute atomic E-state index is 12.2. The van der Waals surface area contributed by atoms with Crippen LogP contribution in [0.25, 0.3) is 11.4 Å². The van der Waals surface area contributed by atoms with E-state index in [1.54, 1.807) is 19.1 Å². The van der Waals surface area contributed by atoms with Gasteiger partial charge in [-0.3, -0.25) is 4.79 Å². The molecule has 1 aromatic carbocycles. The summed E-state index contributed by atoms with van der Waals surface area (Å²) < 4.78 is 34.3. The lowest BCUT2D eigenvalue weighted by Crippen LogP contribution is -2.24. The van der Waals surface area contributed by atoms with Crippen molar-refractivity contribution in [3.63, 3.8) is 0 Å². The zero-order chi connectivity index (χ0) is 18.2. The van der Waals surface area contributed by atoms with Crippen LogP contribution in [0.1, 0.15) is 30.2 Å². The van der Waals surface area contributed by atoms with Gasteiger partial charge in [-0.2, -0.15) is 4.98 Å². The van der Waals surface area contributed by atoms with Gasteiger partial charge in [0.15, 0.2) is 0 Å². The van der Waals surface area contributed by atoms with Crippen molar-refractivity contribution < 1.29 is 22.5 Å². The molecule has 7 nitrogen and oxygen atoms in total. The number of nitrogens with zero attached hydrogens (tertiary/aromatic N) is 2. The van der Waals surface area contributed by atoms with E-state index in [9.17, 15) is 13.2 Å². The maximum atomic E-state index is 12.2. The molecular formula is C17H15ClN2O5S. The third-order valence-corrected chi connectivity index (χ3v) is 7.38. The SMILES string of the molecule is Cc1ccc(-c2noc([C@@H]3[C@@H]4C[C@@H]5[C@@H]3C(=O)O[C@@H]5C4)n2)cc1S(=O)(=O)Cl. The predicted molar refractivity (Wildman–Crippen MR) is 89.8 cm³/mol. The molecule has 0 amide bonds. The number of fused-ring (bicyclic) bond motifs is 1. The lowest BCUT2D eigenvalue weighted by atomic mass is 9.80. The summed E-state index contributed by atoms with van der Waals surface area (Å²) in [5.74, 6) is 0.776. The highest BCUT2D eigenvalue weighted by Crippen LogP contribution is 2.61. The summed E-state index contributed by atoms with van der Waals surface area (Å²) in [6, 6.07) is 4.81. The summed E-state index contributed by atoms with van der Waals surface area (Å²) in [5, 5.41) is 4.00. The van der Waals surface area contributed by atoms with Crippen LogP contribution >= 0.6 is 10.7 Å². The van der Waals surface area contributed by atoms with Crippen LogP contribution in [0.3, 0.4) is 0 Å². The standard InChI is InChI=1S/C17H15ClN2O5S/c1-7-2-3-8(6-12(7)26(18,22)23)15-19-16(25-20-15)13-9-4-10-11(5-9)24-17(21)14(10)13/h2-3,6,9-11,13-14H,4-5H2,1H3/t9-,10+,11-,13-,14+/m1/s1. The Labute approximate surface area is 154 Å². The van der Waals surface area contributed by atoms with E-state index in [0.717, 1.165) is 12.8 Å². The molecule has 3 fully saturated rings. The fraction of sp³-hybridized carbons (Fsp3) is 0.471. The third kappa shape index (κ3) is 2.24. The number of carbonyl (C=O) groups is 1. The Bertz CT molecular complexity index is 1030. The van der Waals surface area contributed by atoms with Gasteiger partial charge in [0.2, 0.25) is 11.7 Å². The third-order valence-electron chi connectivity index (χ3n) is 5.92. The Kier molecular flexibility index (Phi) is 3.31. The first kappa shape index (κ1) is 16.3. The number of aromatic nitrogens is 2. The highest BCUT2D eigenvalue weighted by atomic mass is 35.7. The van der Waals surface area contributed by atoms with Crippen LogP contribution in [0.2, 0.25) is 0 Å². The summed E-state index contributed by atoms with van der Waals surface area (Å²) in [7, 11) is 1.62. The predicted octanol–water partition coefficient (Wildman–Crippen LogP) is 2.64. The van der Waals surface area contributed by atoms with E-state index in [0.29, 0.717) is 22.9 Å². The normalized spacial score (nSPS) is 32.2. The maximum Gasteiger partial charge on any atom is 0.310 e. The minimum atomic E-state index is -3.87. The first-order valence-electron chi connectivity index (χ1n) is 8.42. The monoisotopic (exact) mass is 394 g/mol. The largest absolute Gasteiger partial charge is 0.462 e. The Morgan fingerprint density at radius 1 is 1.23 bits per heavy atom. The second kappa shape index (κ2) is 5.29. The fourth-order valence-electron chi connectivity index (χ4n) is 4.83. The summed E-state index contributed by atoms with van der Waals surface area (Å²) in [6.07, 6.45) is 1.83. The minimum Gasteiger partial charge on any atom is -0.462 e. The van der Waals surface area contributed by atoms with Crippen molar-refractivity contribution in [3.8, 4) is 11.4 Å². The van der Waals surface area contributed by atoms with E-state index in [1.807, 2.05) is 0 Å². The number of aryl methyl sites for hydroxylation is 1. The number of hydrogen-bond acceptors (Lipinski definition) is 7. The number of ether oxygens (including phenoxy) is 1. The van der Waals surface area contributed by atoms with Gasteiger partial charge in [-0.1, -0.05) is 17.3 Å². The number of esters is 1. The van der Waals surface area contributed by atoms with Crippen molar-refractivity contribution in [3.05, 3.63) is 29.7 Å². The molecule has 2 aromatic rings. The van der Waals surface area contributed by atoms with Crippen LogP contribution in [0.5, 0.6) is 0 Å². The molecule has 5 rings (SSSR count). The van der Waals surface area contributed by atoms with Gasteiger partial charge in [0.1, 0.15) is 6.10 Å². The van der Waals surface area contributed by atoms with Crippen molar-refractivity contribution in [1.82, 2.24) is 10.1 Å². The van der Waals surface area contributed by atoms with E-state index < -0.39 is 9.05 Å². The molecule has 2 saturated carbocycles. The number of hydrogen-bond donors (Lipinski definition) is 0. The Morgan fingerprint density at radius 3 is 2.81 bits per heavy atom. The minimum absolute atomic E-state index is 0.0187. The quantitative estimate of drug-likeness (QED) is 0.582. The van der Waals surface area contributed by atoms with Gasteiger partial charge >= 0.3 is 5.97 Å². The summed E-state index contributed by atoms with van der Waals surface area (Å²) in [6.45, 7) is 1.66. The van der Waals surface area contributed by atoms with Crippen molar-refractivity contribution >= 4 is 25.7 Å². The molecule has 136 valence electrons. The van der Waals surface area contributed by atoms with Gasteiger partial charge in [-0.05, 0) is 37.3 Å². The molecular weight excluding hydrogens is 380 g/mol. The smallest absolute Gasteiger partial charge is 0.310 e. The zero-order valence-electron chi connectivity index (χ0n) is 13.8. The molecule has 5 atom stereocenters. The number of rotatable bonds is 3. The van der Waals surface area contributed by atoms with E-state index in [2.05, 4.69) is 10.1 Å². The number of halogens is 1. The highest BCUT2D eigenvalue weighted by Gasteiger charge is 2.63. The number of carbonyl (C=O) groups excluding carboxylic acids is 1. The van der Waals surface area contributed by atoms with Crippen molar-refractivity contribution in [2.75, 3.05) is 0 Å². The van der Waals surface area contributed by atoms with Crippen molar-refractivity contribution in [2.24, 2.45) is 17.8 Å². The van der Waals surface area contributed by atoms with Gasteiger partial charge in [-0.15, -0.1) is 0 Å². The molecule has 26 heavy (non-hydrogen) atoms. The first-order valence-corrected chi connectivity index (χ1v) is 10.7. The van der Waals surface area contributed by atoms with Gasteiger partial charge in [0.25, 0.3) is 9.05 Å². The molecule has 9 heteroatoms. The summed E-state index contributed by atoms with van der Waals surface area (Å²) >= 11 is 0. The molecule has 0 N–H and O–H groups in total. The van der Waals surface area contributed by atoms with E-state index >= 15 is 0 Å². The highest BCUT2D eigenvalue weighted by molar-refractivity contribution is 8.13. The molecule has 0 spiro atoms. The Balaban J connectivity index is 1.51. The Hall–Kier alpha value is -1.93. The second-order valence-electron chi connectivity index (χ2n) is 7.30. The van der Waals surface area contributed by atoms with Crippen LogP contribution in [-0.4, -0.2) is 30.6 Å². The van der Waals surface area contributed by atoms with Crippen molar-refractivity contribution in [2.45, 2.75) is 36.7 Å². The molecule has 0 radical (unpaired) electrons. The number of benzene rings is 1. The van der Waals surface area contributed by atoms with E-state index in [4.69, 9.17) is 19.9 Å². The molecule has 1 saturated heterocycles. The van der Waals surface area contributed by atoms with Gasteiger partial charge < -0.3 is 9.26 Å². The average Bonchev–Trinajstić information content (AvgIpc) is 3.29. The molecule has 1 aliphatic heterocycles. The fourth-order valence-corrected chi connectivity index (χ4v) is 6.05.